The molecular formula is C15H13F6N3O3. The van der Waals surface area contributed by atoms with Crippen LogP contribution in [0, 0.1) is 0 Å². The number of nitrogens with zero attached hydrogens (tertiary/aromatic N) is 3. The van der Waals surface area contributed by atoms with Crippen LogP contribution in [-0.2, 0) is 22.3 Å². The summed E-state index contributed by atoms with van der Waals surface area (Å²) in [4.78, 5) is 15.5. The van der Waals surface area contributed by atoms with Crippen molar-refractivity contribution >= 4 is 5.91 Å². The fourth-order valence-electron chi connectivity index (χ4n) is 2.10. The van der Waals surface area contributed by atoms with E-state index in [-0.39, 0.29) is 17.9 Å². The van der Waals surface area contributed by atoms with Crippen molar-refractivity contribution in [1.29, 1.82) is 0 Å². The van der Waals surface area contributed by atoms with Gasteiger partial charge in [-0.2, -0.15) is 31.3 Å². The van der Waals surface area contributed by atoms with Gasteiger partial charge in [-0.25, -0.2) is 0 Å². The van der Waals surface area contributed by atoms with Gasteiger partial charge in [-0.1, -0.05) is 29.4 Å². The first kappa shape index (κ1) is 20.7. The van der Waals surface area contributed by atoms with E-state index < -0.39 is 37.3 Å². The summed E-state index contributed by atoms with van der Waals surface area (Å²) in [5.74, 6) is -2.69. The van der Waals surface area contributed by atoms with Crippen molar-refractivity contribution in [3.63, 3.8) is 0 Å². The lowest BCUT2D eigenvalue weighted by atomic mass is 10.1. The van der Waals surface area contributed by atoms with Crippen molar-refractivity contribution in [2.24, 2.45) is 0 Å². The molecule has 1 heterocycles. The van der Waals surface area contributed by atoms with Crippen molar-refractivity contribution < 1.29 is 40.4 Å². The summed E-state index contributed by atoms with van der Waals surface area (Å²) in [6.45, 7) is -2.34. The van der Waals surface area contributed by atoms with Gasteiger partial charge in [-0.15, -0.1) is 0 Å². The topological polar surface area (TPSA) is 68.5 Å². The average molecular weight is 397 g/mol. The van der Waals surface area contributed by atoms with Gasteiger partial charge in [0.15, 0.2) is 0 Å². The number of hydrogen-bond acceptors (Lipinski definition) is 5. The van der Waals surface area contributed by atoms with Gasteiger partial charge in [0.05, 0.1) is 0 Å². The zero-order valence-corrected chi connectivity index (χ0v) is 13.8. The summed E-state index contributed by atoms with van der Waals surface area (Å²) in [5, 5.41) is 3.21. The van der Waals surface area contributed by atoms with Crippen molar-refractivity contribution in [3.05, 3.63) is 35.7 Å². The van der Waals surface area contributed by atoms with Crippen molar-refractivity contribution in [3.8, 4) is 11.4 Å². The van der Waals surface area contributed by atoms with Crippen LogP contribution in [0.2, 0.25) is 0 Å². The maximum Gasteiger partial charge on any atom is 0.471 e. The lowest BCUT2D eigenvalue weighted by molar-refractivity contribution is -0.164. The number of amides is 1. The second kappa shape index (κ2) is 7.94. The monoisotopic (exact) mass is 397 g/mol. The Labute approximate surface area is 148 Å². The molecule has 0 saturated heterocycles. The standard InChI is InChI=1S/C15H13F6N3O3/c1-26-7-11(25)24(8-14(16,17)18)6-9-2-4-10(5-3-9)12-22-13(27-23-12)15(19,20)21/h2-5H,6-8H2,1H3. The smallest absolute Gasteiger partial charge is 0.375 e. The number of halogens is 6. The molecule has 0 fully saturated rings. The predicted molar refractivity (Wildman–Crippen MR) is 78.1 cm³/mol. The Bertz CT molecular complexity index is 770. The lowest BCUT2D eigenvalue weighted by Crippen LogP contribution is -2.40. The molecule has 0 unspecified atom stereocenters. The maximum absolute atomic E-state index is 12.6. The molecule has 1 aromatic heterocycles. The largest absolute Gasteiger partial charge is 0.471 e. The Kier molecular flexibility index (Phi) is 6.08. The first-order chi connectivity index (χ1) is 12.5. The van der Waals surface area contributed by atoms with Crippen LogP contribution >= 0.6 is 0 Å². The lowest BCUT2D eigenvalue weighted by Gasteiger charge is -2.23. The Balaban J connectivity index is 2.15. The normalized spacial score (nSPS) is 12.3. The van der Waals surface area contributed by atoms with Crippen molar-refractivity contribution in [1.82, 2.24) is 15.0 Å². The minimum absolute atomic E-state index is 0.170. The summed E-state index contributed by atoms with van der Waals surface area (Å²) < 4.78 is 84.0. The van der Waals surface area contributed by atoms with E-state index in [1.54, 1.807) is 0 Å². The number of benzene rings is 1. The Morgan fingerprint density at radius 2 is 1.78 bits per heavy atom. The molecule has 1 aromatic carbocycles. The highest BCUT2D eigenvalue weighted by atomic mass is 19.4. The number of rotatable bonds is 6. The number of aromatic nitrogens is 2. The van der Waals surface area contributed by atoms with Crippen LogP contribution in [0.3, 0.4) is 0 Å². The van der Waals surface area contributed by atoms with Gasteiger partial charge in [0.2, 0.25) is 11.7 Å². The third-order valence-corrected chi connectivity index (χ3v) is 3.24. The number of methoxy groups -OCH3 is 1. The van der Waals surface area contributed by atoms with E-state index in [1.165, 1.54) is 31.4 Å². The molecule has 1 amide bonds. The molecule has 2 rings (SSSR count). The molecule has 148 valence electrons. The molecule has 6 nitrogen and oxygen atoms in total. The maximum atomic E-state index is 12.6. The Hall–Kier alpha value is -2.63. The minimum Gasteiger partial charge on any atom is -0.375 e. The number of alkyl halides is 6. The van der Waals surface area contributed by atoms with Gasteiger partial charge < -0.3 is 14.2 Å². The third kappa shape index (κ3) is 5.94. The van der Waals surface area contributed by atoms with Gasteiger partial charge in [-0.3, -0.25) is 4.79 Å². The predicted octanol–water partition coefficient (Wildman–Crippen LogP) is 3.29. The Morgan fingerprint density at radius 3 is 2.26 bits per heavy atom. The molecule has 0 atom stereocenters. The van der Waals surface area contributed by atoms with E-state index in [2.05, 4.69) is 19.4 Å². The van der Waals surface area contributed by atoms with Crippen LogP contribution in [0.5, 0.6) is 0 Å². The summed E-state index contributed by atoms with van der Waals surface area (Å²) in [7, 11) is 1.18. The van der Waals surface area contributed by atoms with Crippen LogP contribution in [0.1, 0.15) is 11.5 Å². The molecule has 0 aliphatic carbocycles. The first-order valence-corrected chi connectivity index (χ1v) is 7.33. The van der Waals surface area contributed by atoms with E-state index in [1.807, 2.05) is 0 Å². The molecule has 0 saturated carbocycles. The van der Waals surface area contributed by atoms with Crippen LogP contribution in [0.25, 0.3) is 11.4 Å². The molecule has 0 bridgehead atoms. The molecule has 0 aliphatic heterocycles. The summed E-state index contributed by atoms with van der Waals surface area (Å²) in [6.07, 6.45) is -9.38. The van der Waals surface area contributed by atoms with Gasteiger partial charge in [0.25, 0.3) is 0 Å². The van der Waals surface area contributed by atoms with Gasteiger partial charge in [0, 0.05) is 19.2 Å². The van der Waals surface area contributed by atoms with Crippen LogP contribution in [0.4, 0.5) is 26.3 Å². The van der Waals surface area contributed by atoms with E-state index in [0.29, 0.717) is 10.5 Å². The molecule has 2 aromatic rings. The van der Waals surface area contributed by atoms with Crippen molar-refractivity contribution in [2.45, 2.75) is 18.9 Å². The molecule has 12 heteroatoms. The first-order valence-electron chi connectivity index (χ1n) is 7.33. The van der Waals surface area contributed by atoms with Crippen LogP contribution in [0.15, 0.2) is 28.8 Å². The molecule has 0 aliphatic rings. The summed E-state index contributed by atoms with van der Waals surface area (Å²) in [5.41, 5.74) is 0.496. The van der Waals surface area contributed by atoms with E-state index in [0.717, 1.165) is 0 Å². The van der Waals surface area contributed by atoms with Crippen LogP contribution < -0.4 is 0 Å². The highest BCUT2D eigenvalue weighted by molar-refractivity contribution is 5.77. The number of carbonyl (C=O) groups is 1. The molecule has 27 heavy (non-hydrogen) atoms. The van der Waals surface area contributed by atoms with Crippen molar-refractivity contribution in [2.75, 3.05) is 20.3 Å². The second-order valence-electron chi connectivity index (χ2n) is 5.42. The second-order valence-corrected chi connectivity index (χ2v) is 5.42. The number of ether oxygens (including phenoxy) is 1. The minimum atomic E-state index is -4.79. The van der Waals surface area contributed by atoms with Gasteiger partial charge in [0.1, 0.15) is 13.2 Å². The molecule has 0 radical (unpaired) electrons. The molecule has 0 spiro atoms. The average Bonchev–Trinajstić information content (AvgIpc) is 3.04. The quantitative estimate of drug-likeness (QED) is 0.700. The zero-order chi connectivity index (χ0) is 20.2. The molecular weight excluding hydrogens is 384 g/mol. The highest BCUT2D eigenvalue weighted by Crippen LogP contribution is 2.29. The summed E-state index contributed by atoms with van der Waals surface area (Å²) >= 11 is 0. The number of hydrogen-bond donors (Lipinski definition) is 0. The fourth-order valence-corrected chi connectivity index (χ4v) is 2.10. The molecule has 0 N–H and O–H groups in total. The van der Waals surface area contributed by atoms with Gasteiger partial charge >= 0.3 is 18.2 Å². The summed E-state index contributed by atoms with van der Waals surface area (Å²) in [6, 6.07) is 5.32. The number of carbonyl (C=O) groups excluding carboxylic acids is 1. The van der Waals surface area contributed by atoms with Crippen LogP contribution in [-0.4, -0.2) is 47.4 Å². The Morgan fingerprint density at radius 1 is 1.15 bits per heavy atom. The van der Waals surface area contributed by atoms with E-state index >= 15 is 0 Å². The zero-order valence-electron chi connectivity index (χ0n) is 13.8. The fraction of sp³-hybridized carbons (Fsp3) is 0.400. The van der Waals surface area contributed by atoms with E-state index in [4.69, 9.17) is 0 Å². The highest BCUT2D eigenvalue weighted by Gasteiger charge is 2.38. The van der Waals surface area contributed by atoms with Gasteiger partial charge in [-0.05, 0) is 5.56 Å². The van der Waals surface area contributed by atoms with E-state index in [9.17, 15) is 31.1 Å². The SMILES string of the molecule is COCC(=O)N(Cc1ccc(-c2noc(C(F)(F)F)n2)cc1)CC(F)(F)F. The third-order valence-electron chi connectivity index (χ3n) is 3.24.